The Labute approximate surface area is 313 Å². The fraction of sp³-hybridized carbons (Fsp3) is 0.111. The summed E-state index contributed by atoms with van der Waals surface area (Å²) in [5, 5.41) is 3.58. The molecule has 3 aliphatic rings. The van der Waals surface area contributed by atoms with E-state index < -0.39 is 8.07 Å². The van der Waals surface area contributed by atoms with Gasteiger partial charge in [0.2, 0.25) is 11.8 Å². The molecule has 0 saturated carbocycles. The maximum atomic E-state index is 6.39. The Balaban J connectivity index is 0.00000348. The van der Waals surface area contributed by atoms with Gasteiger partial charge >= 0.3 is 21.1 Å². The van der Waals surface area contributed by atoms with Crippen molar-refractivity contribution in [3.63, 3.8) is 0 Å². The molecule has 11 rings (SSSR count). The van der Waals surface area contributed by atoms with Crippen LogP contribution in [0.25, 0.3) is 38.9 Å². The number of ether oxygens (including phenoxy) is 1. The van der Waals surface area contributed by atoms with E-state index in [4.69, 9.17) is 14.7 Å². The van der Waals surface area contributed by atoms with E-state index in [-0.39, 0.29) is 32.9 Å². The fourth-order valence-electron chi connectivity index (χ4n) is 8.15. The van der Waals surface area contributed by atoms with Crippen LogP contribution in [-0.2, 0) is 21.1 Å². The Morgan fingerprint density at radius 3 is 2.00 bits per heavy atom. The third-order valence-electron chi connectivity index (χ3n) is 10.5. The summed E-state index contributed by atoms with van der Waals surface area (Å²) in [6.45, 7) is 7.05. The number of hydrogen-bond donors (Lipinski definition) is 0. The average Bonchev–Trinajstić information content (AvgIpc) is 3.48. The summed E-state index contributed by atoms with van der Waals surface area (Å²) >= 11 is 0. The number of para-hydroxylation sites is 1. The van der Waals surface area contributed by atoms with E-state index in [1.165, 1.54) is 38.6 Å². The minimum Gasteiger partial charge on any atom is -0.421 e. The molecule has 0 amide bonds. The van der Waals surface area contributed by atoms with Gasteiger partial charge in [-0.25, -0.2) is 0 Å². The first-order valence-corrected chi connectivity index (χ1v) is 20.7. The van der Waals surface area contributed by atoms with Crippen LogP contribution in [0.2, 0.25) is 19.6 Å². The molecule has 0 fully saturated rings. The van der Waals surface area contributed by atoms with Crippen LogP contribution in [-0.4, -0.2) is 22.6 Å². The van der Waals surface area contributed by atoms with E-state index in [2.05, 4.69) is 139 Å². The molecule has 0 radical (unpaired) electrons. The van der Waals surface area contributed by atoms with Crippen LogP contribution < -0.4 is 9.92 Å². The average molecular weight is 855 g/mol. The van der Waals surface area contributed by atoms with Gasteiger partial charge in [0.05, 0.1) is 13.6 Å². The zero-order valence-electron chi connectivity index (χ0n) is 28.4. The predicted octanol–water partition coefficient (Wildman–Crippen LogP) is 10.2. The molecule has 2 bridgehead atoms. The van der Waals surface area contributed by atoms with Gasteiger partial charge in [0.25, 0.3) is 0 Å². The smallest absolute Gasteiger partial charge is 0.421 e. The first-order valence-electron chi connectivity index (χ1n) is 17.2. The molecule has 8 aromatic rings. The van der Waals surface area contributed by atoms with Crippen LogP contribution in [0.5, 0.6) is 11.8 Å². The van der Waals surface area contributed by atoms with Crippen LogP contribution in [0, 0.1) is 12.1 Å². The first kappa shape index (κ1) is 31.9. The van der Waals surface area contributed by atoms with E-state index in [1.54, 1.807) is 0 Å². The molecule has 0 unspecified atom stereocenters. The molecule has 0 atom stereocenters. The molecule has 0 N–H and O–H groups in total. The van der Waals surface area contributed by atoms with Crippen molar-refractivity contribution in [1.29, 1.82) is 0 Å². The Morgan fingerprint density at radius 1 is 0.608 bits per heavy atom. The largest absolute Gasteiger partial charge is 2.00 e. The summed E-state index contributed by atoms with van der Waals surface area (Å²) in [6, 6.07) is 54.4. The summed E-state index contributed by atoms with van der Waals surface area (Å²) in [4.78, 5) is 10.0. The van der Waals surface area contributed by atoms with Gasteiger partial charge < -0.3 is 9.30 Å². The Kier molecular flexibility index (Phi) is 7.50. The fourth-order valence-corrected chi connectivity index (χ4v) is 9.31. The van der Waals surface area contributed by atoms with Crippen LogP contribution in [0.4, 0.5) is 0 Å². The molecule has 51 heavy (non-hydrogen) atoms. The summed E-state index contributed by atoms with van der Waals surface area (Å²) in [5.41, 5.74) is 13.0. The van der Waals surface area contributed by atoms with Gasteiger partial charge in [-0.3, -0.25) is 4.98 Å². The van der Waals surface area contributed by atoms with Gasteiger partial charge in [-0.1, -0.05) is 104 Å². The predicted molar refractivity (Wildman–Crippen MR) is 204 cm³/mol. The van der Waals surface area contributed by atoms with Crippen LogP contribution in [0.3, 0.4) is 0 Å². The van der Waals surface area contributed by atoms with Gasteiger partial charge in [-0.05, 0) is 52.1 Å². The van der Waals surface area contributed by atoms with Crippen LogP contribution in [0.1, 0.15) is 45.2 Å². The van der Waals surface area contributed by atoms with Crippen LogP contribution in [0.15, 0.2) is 133 Å². The molecule has 0 aliphatic heterocycles. The third-order valence-corrected chi connectivity index (χ3v) is 12.5. The second-order valence-electron chi connectivity index (χ2n) is 14.4. The van der Waals surface area contributed by atoms with Crippen molar-refractivity contribution < 1.29 is 25.8 Å². The Bertz CT molecular complexity index is 2610. The van der Waals surface area contributed by atoms with Gasteiger partial charge in [0, 0.05) is 22.8 Å². The number of benzene rings is 5. The van der Waals surface area contributed by atoms with Crippen molar-refractivity contribution in [2.24, 2.45) is 0 Å². The summed E-state index contributed by atoms with van der Waals surface area (Å²) in [6.07, 6.45) is 0. The number of fused-ring (bicyclic) bond motifs is 3. The van der Waals surface area contributed by atoms with Gasteiger partial charge in [-0.15, -0.1) is 52.2 Å². The molecule has 4 nitrogen and oxygen atoms in total. The molecular weight excluding hydrogens is 822 g/mol. The number of hydrogen-bond acceptors (Lipinski definition) is 3. The van der Waals surface area contributed by atoms with Crippen molar-refractivity contribution in [1.82, 2.24) is 14.5 Å². The van der Waals surface area contributed by atoms with E-state index in [1.807, 2.05) is 30.3 Å². The molecule has 5 aromatic carbocycles. The van der Waals surface area contributed by atoms with Crippen molar-refractivity contribution in [3.05, 3.63) is 179 Å². The normalized spacial score (nSPS) is 15.6. The molecule has 0 spiro atoms. The van der Waals surface area contributed by atoms with E-state index in [0.717, 1.165) is 38.9 Å². The van der Waals surface area contributed by atoms with E-state index >= 15 is 0 Å². The molecule has 6 heteroatoms. The number of pyridine rings is 2. The molecule has 3 aliphatic carbocycles. The second kappa shape index (κ2) is 12.0. The molecule has 0 saturated heterocycles. The van der Waals surface area contributed by atoms with Crippen LogP contribution >= 0.6 is 0 Å². The SMILES string of the molecule is C[Si](C)(C)c1cc[c-]c(-c2cccc(Oc3ccc4c5ccccc5n(-c5[c-]cc6c(c5)C5c7ccccc7C6c6ccccc65)c4n3)n2)c1.[Pt+2]. The standard InChI is InChI=1S/C45H33N3OSi.Pt/c1-50(2,3)30-13-10-12-28(26-30)39-19-11-21-41(46-39)49-42-25-24-37-31-14-8-9-20-40(31)48(45(37)47-42)29-22-23-36-38(27-29)44-34-17-6-4-15-32(34)43(36)33-16-5-7-18-35(33)44;/h4-11,13-21,23-27,43-44H,1-3H3;/q-2;+2. The summed E-state index contributed by atoms with van der Waals surface area (Å²) < 4.78 is 8.63. The van der Waals surface area contributed by atoms with Crippen molar-refractivity contribution in [2.45, 2.75) is 31.5 Å². The minimum absolute atomic E-state index is 0. The molecule has 248 valence electrons. The Morgan fingerprint density at radius 2 is 1.27 bits per heavy atom. The van der Waals surface area contributed by atoms with Crippen molar-refractivity contribution in [2.75, 3.05) is 0 Å². The monoisotopic (exact) mass is 854 g/mol. The first-order chi connectivity index (χ1) is 24.4. The van der Waals surface area contributed by atoms with Crippen molar-refractivity contribution >= 4 is 35.2 Å². The maximum Gasteiger partial charge on any atom is 2.00 e. The maximum absolute atomic E-state index is 6.39. The Hall–Kier alpha value is -5.09. The quantitative estimate of drug-likeness (QED) is 0.128. The summed E-state index contributed by atoms with van der Waals surface area (Å²) in [7, 11) is -1.48. The molecule has 3 heterocycles. The second-order valence-corrected chi connectivity index (χ2v) is 19.5. The van der Waals surface area contributed by atoms with E-state index in [0.29, 0.717) is 11.8 Å². The van der Waals surface area contributed by atoms with Gasteiger partial charge in [0.15, 0.2) is 0 Å². The third kappa shape index (κ3) is 5.05. The number of rotatable bonds is 5. The van der Waals surface area contributed by atoms with Gasteiger partial charge in [0.1, 0.15) is 5.65 Å². The molecular formula is C45H33N3OPtSi. The van der Waals surface area contributed by atoms with Gasteiger partial charge in [-0.2, -0.15) is 17.1 Å². The zero-order valence-corrected chi connectivity index (χ0v) is 31.7. The number of aromatic nitrogens is 3. The van der Waals surface area contributed by atoms with E-state index in [9.17, 15) is 0 Å². The minimum atomic E-state index is -1.48. The molecule has 3 aromatic heterocycles. The van der Waals surface area contributed by atoms with Crippen molar-refractivity contribution in [3.8, 4) is 28.7 Å². The summed E-state index contributed by atoms with van der Waals surface area (Å²) in [5.74, 6) is 1.38. The topological polar surface area (TPSA) is 39.9 Å². The number of nitrogens with zero attached hydrogens (tertiary/aromatic N) is 3. The zero-order chi connectivity index (χ0) is 33.6.